The van der Waals surface area contributed by atoms with Crippen molar-refractivity contribution < 1.29 is 47.8 Å². The van der Waals surface area contributed by atoms with Gasteiger partial charge in [-0.2, -0.15) is 0 Å². The third kappa shape index (κ3) is 13.1. The SMILES string of the molecule is COC(=O)C(CC(C)C)NC(=O)CC(=O)OC(C)C(=O)NCNC(=O)C(C)OC(=O)CC(C)=O. The second-order valence-corrected chi connectivity index (χ2v) is 7.85. The lowest BCUT2D eigenvalue weighted by atomic mass is 10.0. The third-order valence-electron chi connectivity index (χ3n) is 4.11. The first kappa shape index (κ1) is 30.5. The summed E-state index contributed by atoms with van der Waals surface area (Å²) >= 11 is 0. The number of ketones is 1. The van der Waals surface area contributed by atoms with Crippen molar-refractivity contribution in [2.75, 3.05) is 13.8 Å². The molecule has 0 aliphatic carbocycles. The monoisotopic (exact) mass is 487 g/mol. The van der Waals surface area contributed by atoms with Crippen LogP contribution in [-0.2, 0) is 47.8 Å². The van der Waals surface area contributed by atoms with Crippen LogP contribution in [-0.4, -0.2) is 73.4 Å². The highest BCUT2D eigenvalue weighted by Crippen LogP contribution is 2.07. The second kappa shape index (κ2) is 15.3. The molecule has 0 radical (unpaired) electrons. The molecule has 0 rings (SSSR count). The zero-order valence-corrected chi connectivity index (χ0v) is 20.2. The molecule has 0 aliphatic heterocycles. The van der Waals surface area contributed by atoms with Gasteiger partial charge in [0.05, 0.1) is 13.8 Å². The lowest BCUT2D eigenvalue weighted by Crippen LogP contribution is -2.46. The minimum Gasteiger partial charge on any atom is -0.467 e. The van der Waals surface area contributed by atoms with Gasteiger partial charge in [-0.05, 0) is 33.1 Å². The molecule has 0 aromatic heterocycles. The minimum absolute atomic E-state index is 0.0798. The summed E-state index contributed by atoms with van der Waals surface area (Å²) in [4.78, 5) is 81.8. The molecule has 0 aliphatic rings. The molecule has 13 nitrogen and oxygen atoms in total. The van der Waals surface area contributed by atoms with Gasteiger partial charge in [-0.15, -0.1) is 0 Å². The van der Waals surface area contributed by atoms with Crippen LogP contribution in [0.5, 0.6) is 0 Å². The first-order valence-corrected chi connectivity index (χ1v) is 10.6. The van der Waals surface area contributed by atoms with E-state index in [9.17, 15) is 33.6 Å². The van der Waals surface area contributed by atoms with E-state index in [1.165, 1.54) is 27.9 Å². The predicted octanol–water partition coefficient (Wildman–Crippen LogP) is -0.887. The maximum absolute atomic E-state index is 12.0. The van der Waals surface area contributed by atoms with Gasteiger partial charge < -0.3 is 30.2 Å². The van der Waals surface area contributed by atoms with E-state index in [0.29, 0.717) is 6.42 Å². The van der Waals surface area contributed by atoms with Crippen LogP contribution < -0.4 is 16.0 Å². The van der Waals surface area contributed by atoms with Crippen LogP contribution in [0.2, 0.25) is 0 Å². The number of esters is 3. The van der Waals surface area contributed by atoms with E-state index in [2.05, 4.69) is 20.7 Å². The Hall–Kier alpha value is -3.51. The van der Waals surface area contributed by atoms with E-state index in [0.717, 1.165) is 0 Å². The molecule has 3 unspecified atom stereocenters. The summed E-state index contributed by atoms with van der Waals surface area (Å²) in [5.41, 5.74) is 0. The molecule has 34 heavy (non-hydrogen) atoms. The van der Waals surface area contributed by atoms with Gasteiger partial charge in [-0.3, -0.25) is 28.8 Å². The number of amides is 3. The zero-order valence-electron chi connectivity index (χ0n) is 20.2. The van der Waals surface area contributed by atoms with E-state index < -0.39 is 72.5 Å². The van der Waals surface area contributed by atoms with E-state index in [-0.39, 0.29) is 12.6 Å². The van der Waals surface area contributed by atoms with Gasteiger partial charge in [-0.1, -0.05) is 13.8 Å². The van der Waals surface area contributed by atoms with Crippen molar-refractivity contribution in [2.45, 2.75) is 72.1 Å². The highest BCUT2D eigenvalue weighted by atomic mass is 16.6. The molecule has 0 saturated heterocycles. The van der Waals surface area contributed by atoms with Gasteiger partial charge in [0.15, 0.2) is 12.2 Å². The minimum atomic E-state index is -1.28. The van der Waals surface area contributed by atoms with E-state index in [1.807, 2.05) is 13.8 Å². The highest BCUT2D eigenvalue weighted by Gasteiger charge is 2.25. The number of hydrogen-bond acceptors (Lipinski definition) is 10. The Morgan fingerprint density at radius 3 is 1.65 bits per heavy atom. The van der Waals surface area contributed by atoms with Gasteiger partial charge in [0.25, 0.3) is 11.8 Å². The molecule has 0 saturated carbocycles. The summed E-state index contributed by atoms with van der Waals surface area (Å²) in [6, 6.07) is -0.918. The topological polar surface area (TPSA) is 183 Å². The summed E-state index contributed by atoms with van der Waals surface area (Å²) in [6.07, 6.45) is -3.34. The molecular weight excluding hydrogens is 454 g/mol. The average molecular weight is 488 g/mol. The van der Waals surface area contributed by atoms with Crippen LogP contribution >= 0.6 is 0 Å². The molecule has 0 aromatic carbocycles. The number of Topliss-reactive ketones (excluding diaryl/α,β-unsaturated/α-hetero) is 1. The molecular formula is C21H33N3O10. The van der Waals surface area contributed by atoms with Crippen LogP contribution in [0.25, 0.3) is 0 Å². The van der Waals surface area contributed by atoms with Gasteiger partial charge in [0.1, 0.15) is 24.7 Å². The largest absolute Gasteiger partial charge is 0.467 e. The van der Waals surface area contributed by atoms with Crippen molar-refractivity contribution in [3.63, 3.8) is 0 Å². The summed E-state index contributed by atoms with van der Waals surface area (Å²) in [5.74, 6) is -5.08. The maximum Gasteiger partial charge on any atom is 0.328 e. The quantitative estimate of drug-likeness (QED) is 0.120. The number of ether oxygens (including phenoxy) is 3. The molecule has 13 heteroatoms. The van der Waals surface area contributed by atoms with Crippen molar-refractivity contribution in [1.29, 1.82) is 0 Å². The maximum atomic E-state index is 12.0. The Balaban J connectivity index is 4.45. The summed E-state index contributed by atoms with van der Waals surface area (Å²) in [5, 5.41) is 6.97. The van der Waals surface area contributed by atoms with Crippen molar-refractivity contribution in [1.82, 2.24) is 16.0 Å². The summed E-state index contributed by atoms with van der Waals surface area (Å²) in [7, 11) is 1.18. The fraction of sp³-hybridized carbons (Fsp3) is 0.667. The van der Waals surface area contributed by atoms with Crippen LogP contribution in [0.4, 0.5) is 0 Å². The zero-order chi connectivity index (χ0) is 26.4. The van der Waals surface area contributed by atoms with E-state index >= 15 is 0 Å². The smallest absolute Gasteiger partial charge is 0.328 e. The molecule has 3 atom stereocenters. The number of nitrogens with one attached hydrogen (secondary N) is 3. The van der Waals surface area contributed by atoms with Crippen LogP contribution in [0.15, 0.2) is 0 Å². The van der Waals surface area contributed by atoms with Crippen molar-refractivity contribution in [2.24, 2.45) is 5.92 Å². The Kier molecular flexibility index (Phi) is 13.8. The molecule has 0 fully saturated rings. The molecule has 0 heterocycles. The predicted molar refractivity (Wildman–Crippen MR) is 116 cm³/mol. The number of methoxy groups -OCH3 is 1. The fourth-order valence-electron chi connectivity index (χ4n) is 2.50. The van der Waals surface area contributed by atoms with Gasteiger partial charge in [0.2, 0.25) is 5.91 Å². The molecule has 3 N–H and O–H groups in total. The molecule has 0 aromatic rings. The van der Waals surface area contributed by atoms with Crippen molar-refractivity contribution in [3.05, 3.63) is 0 Å². The van der Waals surface area contributed by atoms with Crippen LogP contribution in [0, 0.1) is 5.92 Å². The first-order valence-electron chi connectivity index (χ1n) is 10.6. The highest BCUT2D eigenvalue weighted by molar-refractivity contribution is 5.97. The summed E-state index contributed by atoms with van der Waals surface area (Å²) < 4.78 is 14.3. The van der Waals surface area contributed by atoms with Crippen LogP contribution in [0.3, 0.4) is 0 Å². The number of hydrogen-bond donors (Lipinski definition) is 3. The normalized spacial score (nSPS) is 13.0. The molecule has 192 valence electrons. The second-order valence-electron chi connectivity index (χ2n) is 7.85. The first-order chi connectivity index (χ1) is 15.8. The number of carbonyl (C=O) groups excluding carboxylic acids is 7. The van der Waals surface area contributed by atoms with E-state index in [1.54, 1.807) is 0 Å². The van der Waals surface area contributed by atoms with Crippen molar-refractivity contribution >= 4 is 41.4 Å². The van der Waals surface area contributed by atoms with Gasteiger partial charge >= 0.3 is 17.9 Å². The number of rotatable bonds is 14. The average Bonchev–Trinajstić information content (AvgIpc) is 2.70. The molecule has 0 spiro atoms. The summed E-state index contributed by atoms with van der Waals surface area (Å²) in [6.45, 7) is 7.09. The lowest BCUT2D eigenvalue weighted by molar-refractivity contribution is -0.157. The fourth-order valence-corrected chi connectivity index (χ4v) is 2.50. The Morgan fingerprint density at radius 1 is 0.765 bits per heavy atom. The molecule has 0 bridgehead atoms. The lowest BCUT2D eigenvalue weighted by Gasteiger charge is -2.18. The molecule has 3 amide bonds. The van der Waals surface area contributed by atoms with Crippen LogP contribution in [0.1, 0.15) is 53.9 Å². The Morgan fingerprint density at radius 2 is 1.24 bits per heavy atom. The van der Waals surface area contributed by atoms with Gasteiger partial charge in [0, 0.05) is 0 Å². The third-order valence-corrected chi connectivity index (χ3v) is 4.11. The Bertz CT molecular complexity index is 781. The van der Waals surface area contributed by atoms with Gasteiger partial charge in [-0.25, -0.2) is 4.79 Å². The van der Waals surface area contributed by atoms with E-state index in [4.69, 9.17) is 9.47 Å². The number of carbonyl (C=O) groups is 7. The standard InChI is InChI=1S/C21H33N3O10/c1-11(2)7-15(21(31)32-6)24-16(26)9-18(28)34-14(5)20(30)23-10-22-19(29)13(4)33-17(27)8-12(3)25/h11,13-15H,7-10H2,1-6H3,(H,22,29)(H,23,30)(H,24,26). The van der Waals surface area contributed by atoms with Crippen molar-refractivity contribution in [3.8, 4) is 0 Å². The Labute approximate surface area is 197 Å².